The van der Waals surface area contributed by atoms with Gasteiger partial charge in [0.05, 0.1) is 0 Å². The van der Waals surface area contributed by atoms with Crippen molar-refractivity contribution in [2.75, 3.05) is 6.54 Å². The van der Waals surface area contributed by atoms with Gasteiger partial charge in [0, 0.05) is 33.2 Å². The summed E-state index contributed by atoms with van der Waals surface area (Å²) in [6, 6.07) is 8.06. The summed E-state index contributed by atoms with van der Waals surface area (Å²) in [5, 5.41) is 1.06. The first-order chi connectivity index (χ1) is 10.1. The number of ether oxygens (including phenoxy) is 1. The van der Waals surface area contributed by atoms with Crippen molar-refractivity contribution in [1.29, 1.82) is 0 Å². The number of hydrogen-bond donors (Lipinski definition) is 1. The summed E-state index contributed by atoms with van der Waals surface area (Å²) in [4.78, 5) is 0. The van der Waals surface area contributed by atoms with E-state index in [9.17, 15) is 4.39 Å². The van der Waals surface area contributed by atoms with E-state index in [4.69, 9.17) is 33.7 Å². The maximum atomic E-state index is 13.9. The molecule has 110 valence electrons. The first-order valence-corrected chi connectivity index (χ1v) is 7.48. The summed E-state index contributed by atoms with van der Waals surface area (Å²) in [5.74, 6) is 0.371. The Morgan fingerprint density at radius 1 is 1.19 bits per heavy atom. The van der Waals surface area contributed by atoms with E-state index >= 15 is 0 Å². The number of halogens is 3. The molecule has 0 saturated heterocycles. The first kappa shape index (κ1) is 14.6. The molecule has 3 rings (SSSR count). The maximum absolute atomic E-state index is 13.9. The van der Waals surface area contributed by atoms with Crippen LogP contribution in [0.25, 0.3) is 11.1 Å². The second-order valence-corrected chi connectivity index (χ2v) is 5.93. The molecule has 5 heteroatoms. The molecule has 1 aliphatic rings. The Morgan fingerprint density at radius 2 is 2.00 bits per heavy atom. The van der Waals surface area contributed by atoms with E-state index in [1.165, 1.54) is 12.1 Å². The Morgan fingerprint density at radius 3 is 2.76 bits per heavy atom. The van der Waals surface area contributed by atoms with E-state index in [0.717, 1.165) is 12.0 Å². The maximum Gasteiger partial charge on any atom is 0.131 e. The lowest BCUT2D eigenvalue weighted by Crippen LogP contribution is -2.17. The molecule has 0 radical (unpaired) electrons. The molecule has 2 aromatic carbocycles. The van der Waals surface area contributed by atoms with Gasteiger partial charge in [0.15, 0.2) is 0 Å². The standard InChI is InChI=1S/C16H14Cl2FNO/c17-10-1-2-15(18)13(7-10)14-8-11(19)5-9-6-12(3-4-20)21-16(9)14/h1-2,5,7-8,12H,3-4,6,20H2. The van der Waals surface area contributed by atoms with E-state index in [1.807, 2.05) is 0 Å². The third kappa shape index (κ3) is 2.86. The first-order valence-electron chi connectivity index (χ1n) is 6.73. The van der Waals surface area contributed by atoms with Crippen molar-refractivity contribution < 1.29 is 9.13 Å². The lowest BCUT2D eigenvalue weighted by atomic mass is 10.00. The van der Waals surface area contributed by atoms with Crippen LogP contribution in [0.15, 0.2) is 30.3 Å². The Hall–Kier alpha value is -1.29. The van der Waals surface area contributed by atoms with Crippen LogP contribution in [0.4, 0.5) is 4.39 Å². The van der Waals surface area contributed by atoms with Gasteiger partial charge in [-0.2, -0.15) is 0 Å². The normalized spacial score (nSPS) is 16.7. The number of nitrogens with two attached hydrogens (primary N) is 1. The van der Waals surface area contributed by atoms with Crippen molar-refractivity contribution in [2.24, 2.45) is 5.73 Å². The fourth-order valence-electron chi connectivity index (χ4n) is 2.65. The topological polar surface area (TPSA) is 35.2 Å². The van der Waals surface area contributed by atoms with Gasteiger partial charge >= 0.3 is 0 Å². The molecule has 1 atom stereocenters. The Bertz CT molecular complexity index is 690. The van der Waals surface area contributed by atoms with Crippen LogP contribution in [0, 0.1) is 5.82 Å². The molecule has 1 aliphatic heterocycles. The second kappa shape index (κ2) is 5.84. The number of rotatable bonds is 3. The highest BCUT2D eigenvalue weighted by atomic mass is 35.5. The monoisotopic (exact) mass is 325 g/mol. The molecular weight excluding hydrogens is 312 g/mol. The zero-order chi connectivity index (χ0) is 15.0. The number of benzene rings is 2. The SMILES string of the molecule is NCCC1Cc2cc(F)cc(-c3cc(Cl)ccc3Cl)c2O1. The van der Waals surface area contributed by atoms with Gasteiger partial charge in [-0.1, -0.05) is 23.2 Å². The largest absolute Gasteiger partial charge is 0.489 e. The molecule has 2 aromatic rings. The number of hydrogen-bond acceptors (Lipinski definition) is 2. The Kier molecular flexibility index (Phi) is 4.07. The highest BCUT2D eigenvalue weighted by Gasteiger charge is 2.27. The molecule has 0 spiro atoms. The van der Waals surface area contributed by atoms with Gasteiger partial charge in [-0.15, -0.1) is 0 Å². The predicted octanol–water partition coefficient (Wildman–Crippen LogP) is 4.45. The average molecular weight is 326 g/mol. The van der Waals surface area contributed by atoms with Gasteiger partial charge in [0.2, 0.25) is 0 Å². The van der Waals surface area contributed by atoms with Crippen LogP contribution in [0.5, 0.6) is 5.75 Å². The van der Waals surface area contributed by atoms with Crippen molar-refractivity contribution in [3.05, 3.63) is 51.8 Å². The number of fused-ring (bicyclic) bond motifs is 1. The zero-order valence-corrected chi connectivity index (χ0v) is 12.7. The minimum Gasteiger partial charge on any atom is -0.489 e. The van der Waals surface area contributed by atoms with Crippen LogP contribution in [-0.4, -0.2) is 12.6 Å². The van der Waals surface area contributed by atoms with Crippen LogP contribution in [0.1, 0.15) is 12.0 Å². The predicted molar refractivity (Wildman–Crippen MR) is 83.6 cm³/mol. The van der Waals surface area contributed by atoms with E-state index in [2.05, 4.69) is 0 Å². The molecule has 0 aliphatic carbocycles. The molecule has 1 unspecified atom stereocenters. The van der Waals surface area contributed by atoms with E-state index in [1.54, 1.807) is 18.2 Å². The van der Waals surface area contributed by atoms with Crippen LogP contribution in [0.3, 0.4) is 0 Å². The molecular formula is C16H14Cl2FNO. The fourth-order valence-corrected chi connectivity index (χ4v) is 3.04. The third-order valence-electron chi connectivity index (χ3n) is 3.57. The van der Waals surface area contributed by atoms with E-state index in [-0.39, 0.29) is 11.9 Å². The van der Waals surface area contributed by atoms with Gasteiger partial charge < -0.3 is 10.5 Å². The van der Waals surface area contributed by atoms with Crippen LogP contribution < -0.4 is 10.5 Å². The molecule has 2 nitrogen and oxygen atoms in total. The van der Waals surface area contributed by atoms with Gasteiger partial charge in [-0.25, -0.2) is 4.39 Å². The Balaban J connectivity index is 2.11. The van der Waals surface area contributed by atoms with E-state index in [0.29, 0.717) is 39.9 Å². The minimum atomic E-state index is -0.309. The smallest absolute Gasteiger partial charge is 0.131 e. The van der Waals surface area contributed by atoms with Gasteiger partial charge in [0.1, 0.15) is 17.7 Å². The van der Waals surface area contributed by atoms with Crippen molar-refractivity contribution >= 4 is 23.2 Å². The second-order valence-electron chi connectivity index (χ2n) is 5.09. The summed E-state index contributed by atoms with van der Waals surface area (Å²) >= 11 is 12.3. The molecule has 21 heavy (non-hydrogen) atoms. The molecule has 0 bridgehead atoms. The summed E-state index contributed by atoms with van der Waals surface area (Å²) < 4.78 is 19.8. The van der Waals surface area contributed by atoms with Crippen LogP contribution >= 0.6 is 23.2 Å². The highest BCUT2D eigenvalue weighted by Crippen LogP contribution is 2.43. The summed E-state index contributed by atoms with van der Waals surface area (Å²) in [5.41, 5.74) is 7.73. The minimum absolute atomic E-state index is 0.0106. The highest BCUT2D eigenvalue weighted by molar-refractivity contribution is 6.35. The van der Waals surface area contributed by atoms with Crippen molar-refractivity contribution in [2.45, 2.75) is 18.9 Å². The molecule has 1 heterocycles. The third-order valence-corrected chi connectivity index (χ3v) is 4.13. The lowest BCUT2D eigenvalue weighted by molar-refractivity contribution is 0.225. The Labute approximate surface area is 132 Å². The van der Waals surface area contributed by atoms with Crippen molar-refractivity contribution in [1.82, 2.24) is 0 Å². The van der Waals surface area contributed by atoms with Gasteiger partial charge in [-0.05, 0) is 43.3 Å². The van der Waals surface area contributed by atoms with Crippen molar-refractivity contribution in [3.8, 4) is 16.9 Å². The zero-order valence-electron chi connectivity index (χ0n) is 11.2. The quantitative estimate of drug-likeness (QED) is 0.904. The molecule has 0 aromatic heterocycles. The van der Waals surface area contributed by atoms with Crippen LogP contribution in [0.2, 0.25) is 10.0 Å². The van der Waals surface area contributed by atoms with E-state index < -0.39 is 0 Å². The summed E-state index contributed by atoms with van der Waals surface area (Å²) in [7, 11) is 0. The van der Waals surface area contributed by atoms with Crippen molar-refractivity contribution in [3.63, 3.8) is 0 Å². The summed E-state index contributed by atoms with van der Waals surface area (Å²) in [6.45, 7) is 0.536. The molecule has 0 saturated carbocycles. The lowest BCUT2D eigenvalue weighted by Gasteiger charge is -2.13. The molecule has 0 fully saturated rings. The van der Waals surface area contributed by atoms with Gasteiger partial charge in [0.25, 0.3) is 0 Å². The molecule has 0 amide bonds. The van der Waals surface area contributed by atoms with Crippen LogP contribution in [-0.2, 0) is 6.42 Å². The molecule has 2 N–H and O–H groups in total. The average Bonchev–Trinajstić information content (AvgIpc) is 2.83. The fraction of sp³-hybridized carbons (Fsp3) is 0.250. The van der Waals surface area contributed by atoms with Gasteiger partial charge in [-0.3, -0.25) is 0 Å². The summed E-state index contributed by atoms with van der Waals surface area (Å²) in [6.07, 6.45) is 1.39.